The second-order valence-corrected chi connectivity index (χ2v) is 8.84. The van der Waals surface area contributed by atoms with E-state index >= 15 is 0 Å². The number of halogens is 4. The van der Waals surface area contributed by atoms with Crippen LogP contribution in [-0.4, -0.2) is 38.9 Å². The number of alkyl halides is 4. The number of hydrogen-bond donors (Lipinski definition) is 1. The Balaban J connectivity index is 1.48. The molecule has 1 saturated carbocycles. The highest BCUT2D eigenvalue weighted by atomic mass is 19.4. The molecule has 10 heteroatoms. The predicted octanol–water partition coefficient (Wildman–Crippen LogP) is 5.64. The molecule has 1 fully saturated rings. The third-order valence-corrected chi connectivity index (χ3v) is 6.50. The number of aromatic nitrogens is 3. The summed E-state index contributed by atoms with van der Waals surface area (Å²) >= 11 is 0. The SMILES string of the molecule is CC[C@H]1C[C@@H](Nc2ncncc2C(=O)c2ccn(Cc3cccc(OC(F)(F)F)c3)c2)[C@@H](F)[C@@H]1C. The molecule has 0 radical (unpaired) electrons. The Morgan fingerprint density at radius 3 is 2.80 bits per heavy atom. The lowest BCUT2D eigenvalue weighted by Gasteiger charge is -2.18. The van der Waals surface area contributed by atoms with Gasteiger partial charge in [0.05, 0.1) is 11.6 Å². The van der Waals surface area contributed by atoms with Gasteiger partial charge >= 0.3 is 6.36 Å². The van der Waals surface area contributed by atoms with Crippen LogP contribution in [0.1, 0.15) is 48.2 Å². The number of anilines is 1. The van der Waals surface area contributed by atoms with Gasteiger partial charge in [-0.1, -0.05) is 32.4 Å². The van der Waals surface area contributed by atoms with Gasteiger partial charge in [0.25, 0.3) is 0 Å². The van der Waals surface area contributed by atoms with E-state index in [0.717, 1.165) is 6.42 Å². The minimum absolute atomic E-state index is 0.0763. The van der Waals surface area contributed by atoms with Crippen LogP contribution in [0.15, 0.2) is 55.2 Å². The first-order chi connectivity index (χ1) is 16.6. The molecule has 0 saturated heterocycles. The summed E-state index contributed by atoms with van der Waals surface area (Å²) in [6.45, 7) is 4.18. The highest BCUT2D eigenvalue weighted by Gasteiger charge is 2.40. The number of ether oxygens (including phenoxy) is 1. The number of hydrogen-bond acceptors (Lipinski definition) is 5. The lowest BCUT2D eigenvalue weighted by atomic mass is 9.95. The van der Waals surface area contributed by atoms with Gasteiger partial charge in [0, 0.05) is 30.7 Å². The van der Waals surface area contributed by atoms with Crippen molar-refractivity contribution in [3.63, 3.8) is 0 Å². The lowest BCUT2D eigenvalue weighted by Crippen LogP contribution is -2.29. The maximum absolute atomic E-state index is 14.8. The van der Waals surface area contributed by atoms with E-state index in [1.807, 2.05) is 13.8 Å². The van der Waals surface area contributed by atoms with Gasteiger partial charge in [-0.3, -0.25) is 4.79 Å². The molecule has 1 aromatic carbocycles. The summed E-state index contributed by atoms with van der Waals surface area (Å²) in [7, 11) is 0. The molecule has 2 aromatic heterocycles. The molecule has 2 heterocycles. The van der Waals surface area contributed by atoms with Crippen LogP contribution in [0.5, 0.6) is 5.75 Å². The number of carbonyl (C=O) groups excluding carboxylic acids is 1. The molecule has 35 heavy (non-hydrogen) atoms. The third kappa shape index (κ3) is 5.80. The number of rotatable bonds is 8. The minimum Gasteiger partial charge on any atom is -0.406 e. The molecular formula is C25H26F4N4O2. The van der Waals surface area contributed by atoms with Crippen molar-refractivity contribution >= 4 is 11.6 Å². The maximum atomic E-state index is 14.8. The lowest BCUT2D eigenvalue weighted by molar-refractivity contribution is -0.274. The molecule has 1 N–H and O–H groups in total. The molecule has 1 aliphatic carbocycles. The minimum atomic E-state index is -4.77. The Morgan fingerprint density at radius 2 is 2.09 bits per heavy atom. The van der Waals surface area contributed by atoms with E-state index in [4.69, 9.17) is 0 Å². The van der Waals surface area contributed by atoms with E-state index in [1.165, 1.54) is 30.7 Å². The fourth-order valence-electron chi connectivity index (χ4n) is 4.64. The Morgan fingerprint density at radius 1 is 1.29 bits per heavy atom. The monoisotopic (exact) mass is 490 g/mol. The highest BCUT2D eigenvalue weighted by Crippen LogP contribution is 2.38. The van der Waals surface area contributed by atoms with Crippen molar-refractivity contribution in [3.05, 3.63) is 71.9 Å². The predicted molar refractivity (Wildman–Crippen MR) is 122 cm³/mol. The number of ketones is 1. The maximum Gasteiger partial charge on any atom is 0.573 e. The summed E-state index contributed by atoms with van der Waals surface area (Å²) in [5.74, 6) is -0.181. The normalized spacial score (nSPS) is 22.2. The molecular weight excluding hydrogens is 464 g/mol. The van der Waals surface area contributed by atoms with Crippen LogP contribution in [0, 0.1) is 11.8 Å². The van der Waals surface area contributed by atoms with Crippen molar-refractivity contribution < 1.29 is 27.1 Å². The van der Waals surface area contributed by atoms with E-state index < -0.39 is 18.6 Å². The molecule has 3 aromatic rings. The summed E-state index contributed by atoms with van der Waals surface area (Å²) in [5.41, 5.74) is 1.15. The number of benzene rings is 1. The number of nitrogens with zero attached hydrogens (tertiary/aromatic N) is 3. The van der Waals surface area contributed by atoms with Crippen molar-refractivity contribution in [2.75, 3.05) is 5.32 Å². The molecule has 6 nitrogen and oxygen atoms in total. The third-order valence-electron chi connectivity index (χ3n) is 6.50. The van der Waals surface area contributed by atoms with Gasteiger partial charge in [-0.25, -0.2) is 14.4 Å². The Hall–Kier alpha value is -3.43. The van der Waals surface area contributed by atoms with Crippen molar-refractivity contribution in [3.8, 4) is 5.75 Å². The van der Waals surface area contributed by atoms with Gasteiger partial charge in [0.1, 0.15) is 24.1 Å². The summed E-state index contributed by atoms with van der Waals surface area (Å²) in [6.07, 6.45) is 1.68. The van der Waals surface area contributed by atoms with E-state index in [2.05, 4.69) is 20.0 Å². The van der Waals surface area contributed by atoms with Crippen LogP contribution in [-0.2, 0) is 6.54 Å². The average Bonchev–Trinajstić information content (AvgIpc) is 3.38. The number of carbonyl (C=O) groups is 1. The molecule has 0 unspecified atom stereocenters. The molecule has 0 bridgehead atoms. The van der Waals surface area contributed by atoms with Crippen LogP contribution >= 0.6 is 0 Å². The summed E-state index contributed by atoms with van der Waals surface area (Å²) in [4.78, 5) is 21.4. The first-order valence-electron chi connectivity index (χ1n) is 11.4. The van der Waals surface area contributed by atoms with Crippen LogP contribution in [0.4, 0.5) is 23.4 Å². The van der Waals surface area contributed by atoms with Gasteiger partial charge in [0.2, 0.25) is 0 Å². The largest absolute Gasteiger partial charge is 0.573 e. The van der Waals surface area contributed by atoms with Crippen molar-refractivity contribution in [2.24, 2.45) is 11.8 Å². The average molecular weight is 491 g/mol. The topological polar surface area (TPSA) is 69.0 Å². The highest BCUT2D eigenvalue weighted by molar-refractivity contribution is 6.11. The quantitative estimate of drug-likeness (QED) is 0.327. The fraction of sp³-hybridized carbons (Fsp3) is 0.400. The van der Waals surface area contributed by atoms with Crippen molar-refractivity contribution in [2.45, 2.75) is 51.8 Å². The van der Waals surface area contributed by atoms with E-state index in [-0.39, 0.29) is 41.3 Å². The van der Waals surface area contributed by atoms with Gasteiger partial charge in [0.15, 0.2) is 5.78 Å². The van der Waals surface area contributed by atoms with Crippen LogP contribution in [0.25, 0.3) is 0 Å². The Kier molecular flexibility index (Phi) is 7.09. The standard InChI is InChI=1S/C25H26F4N4O2/c1-3-17-10-21(22(26)15(17)2)32-24-20(11-30-14-31-24)23(34)18-7-8-33(13-18)12-16-5-4-6-19(9-16)35-25(27,28)29/h4-9,11,13-15,17,21-22H,3,10,12H2,1-2H3,(H,30,31,32)/t15-,17+,21-,22+/m1/s1. The summed E-state index contributed by atoms with van der Waals surface area (Å²) in [5, 5.41) is 3.12. The van der Waals surface area contributed by atoms with Crippen LogP contribution in [0.2, 0.25) is 0 Å². The molecule has 0 aliphatic heterocycles. The van der Waals surface area contributed by atoms with Crippen molar-refractivity contribution in [1.29, 1.82) is 0 Å². The molecule has 0 spiro atoms. The molecule has 4 rings (SSSR count). The van der Waals surface area contributed by atoms with Crippen molar-refractivity contribution in [1.82, 2.24) is 14.5 Å². The molecule has 1 aliphatic rings. The number of nitrogens with one attached hydrogen (secondary N) is 1. The van der Waals surface area contributed by atoms with Gasteiger partial charge in [-0.2, -0.15) is 0 Å². The second kappa shape index (κ2) is 10.1. The fourth-order valence-corrected chi connectivity index (χ4v) is 4.64. The molecule has 186 valence electrons. The van der Waals surface area contributed by atoms with E-state index in [9.17, 15) is 22.4 Å². The van der Waals surface area contributed by atoms with Gasteiger partial charge in [-0.05, 0) is 42.0 Å². The second-order valence-electron chi connectivity index (χ2n) is 8.84. The summed E-state index contributed by atoms with van der Waals surface area (Å²) < 4.78 is 57.9. The Labute approximate surface area is 200 Å². The van der Waals surface area contributed by atoms with Crippen LogP contribution in [0.3, 0.4) is 0 Å². The zero-order valence-corrected chi connectivity index (χ0v) is 19.3. The van der Waals surface area contributed by atoms with E-state index in [0.29, 0.717) is 17.5 Å². The summed E-state index contributed by atoms with van der Waals surface area (Å²) in [6, 6.07) is 6.82. The van der Waals surface area contributed by atoms with E-state index in [1.54, 1.807) is 29.1 Å². The van der Waals surface area contributed by atoms with Crippen LogP contribution < -0.4 is 10.1 Å². The van der Waals surface area contributed by atoms with Gasteiger partial charge < -0.3 is 14.6 Å². The zero-order valence-electron chi connectivity index (χ0n) is 19.3. The molecule has 4 atom stereocenters. The van der Waals surface area contributed by atoms with Gasteiger partial charge in [-0.15, -0.1) is 13.2 Å². The zero-order chi connectivity index (χ0) is 25.2. The molecule has 0 amide bonds. The first kappa shape index (κ1) is 24.7. The first-order valence-corrected chi connectivity index (χ1v) is 11.4. The Bertz CT molecular complexity index is 1180. The smallest absolute Gasteiger partial charge is 0.406 e.